The van der Waals surface area contributed by atoms with Gasteiger partial charge in [0.2, 0.25) is 5.78 Å². The molecular formula is C14H15N2O3. The van der Waals surface area contributed by atoms with Crippen molar-refractivity contribution in [1.29, 1.82) is 0 Å². The molecule has 0 spiro atoms. The summed E-state index contributed by atoms with van der Waals surface area (Å²) in [5, 5.41) is 12.2. The van der Waals surface area contributed by atoms with Crippen molar-refractivity contribution in [2.75, 3.05) is 29.9 Å². The van der Waals surface area contributed by atoms with E-state index in [0.717, 1.165) is 11.4 Å². The number of aliphatic hydroxyl groups is 1. The van der Waals surface area contributed by atoms with E-state index in [-0.39, 0.29) is 5.78 Å². The van der Waals surface area contributed by atoms with Crippen molar-refractivity contribution in [1.82, 2.24) is 0 Å². The van der Waals surface area contributed by atoms with Crippen LogP contribution in [-0.4, -0.2) is 36.7 Å². The van der Waals surface area contributed by atoms with Gasteiger partial charge < -0.3 is 20.1 Å². The minimum absolute atomic E-state index is 0.0199. The normalized spacial score (nSPS) is 18.3. The lowest BCUT2D eigenvalue weighted by atomic mass is 10.1. The summed E-state index contributed by atoms with van der Waals surface area (Å²) >= 11 is 0. The maximum atomic E-state index is 12.2. The second-order valence-electron chi connectivity index (χ2n) is 4.62. The molecule has 2 N–H and O–H groups in total. The van der Waals surface area contributed by atoms with Gasteiger partial charge in [-0.15, -0.1) is 0 Å². The number of fused-ring (bicyclic) bond motifs is 3. The number of nitrogens with zero attached hydrogens (tertiary/aromatic N) is 1. The van der Waals surface area contributed by atoms with Crippen molar-refractivity contribution >= 4 is 17.2 Å². The number of nitrogens with one attached hydrogen (secondary N) is 1. The zero-order chi connectivity index (χ0) is 13.4. The molecule has 3 rings (SSSR count). The molecule has 0 aliphatic carbocycles. The van der Waals surface area contributed by atoms with Crippen molar-refractivity contribution in [3.05, 3.63) is 42.6 Å². The van der Waals surface area contributed by atoms with Crippen LogP contribution >= 0.6 is 0 Å². The number of aliphatic hydroxyl groups excluding tert-OH is 1. The molecule has 0 bridgehead atoms. The number of anilines is 2. The third kappa shape index (κ3) is 2.06. The van der Waals surface area contributed by atoms with Crippen molar-refractivity contribution in [3.8, 4) is 0 Å². The van der Waals surface area contributed by atoms with E-state index in [0.29, 0.717) is 31.0 Å². The molecular weight excluding hydrogens is 244 g/mol. The van der Waals surface area contributed by atoms with E-state index in [1.54, 1.807) is 6.07 Å². The minimum Gasteiger partial charge on any atom is -0.497 e. The molecule has 2 aliphatic rings. The molecule has 99 valence electrons. The number of hydrogen-bond acceptors (Lipinski definition) is 5. The summed E-state index contributed by atoms with van der Waals surface area (Å²) in [5.74, 6) is -0.0199. The quantitative estimate of drug-likeness (QED) is 0.853. The first-order chi connectivity index (χ1) is 9.16. The lowest BCUT2D eigenvalue weighted by Crippen LogP contribution is -2.28. The van der Waals surface area contributed by atoms with Crippen LogP contribution in [0.2, 0.25) is 0 Å². The third-order valence-corrected chi connectivity index (χ3v) is 3.22. The van der Waals surface area contributed by atoms with E-state index in [2.05, 4.69) is 12.2 Å². The highest BCUT2D eigenvalue weighted by Crippen LogP contribution is 2.37. The van der Waals surface area contributed by atoms with Gasteiger partial charge in [-0.25, -0.2) is 0 Å². The van der Waals surface area contributed by atoms with Crippen LogP contribution in [0.4, 0.5) is 11.4 Å². The maximum absolute atomic E-state index is 12.2. The summed E-state index contributed by atoms with van der Waals surface area (Å²) in [7, 11) is 0. The van der Waals surface area contributed by atoms with Gasteiger partial charge in [0.25, 0.3) is 0 Å². The standard InChI is InChI=1S/C14H15N2O3/c1-9(17)7-15-10-2-3-12-11(6-10)14(18)13-8-19-5-4-16(12)13/h2-3,6,8-9,15,17H,1,4-5,7H2. The largest absolute Gasteiger partial charge is 0.497 e. The monoisotopic (exact) mass is 259 g/mol. The van der Waals surface area contributed by atoms with Gasteiger partial charge in [-0.05, 0) is 25.1 Å². The lowest BCUT2D eigenvalue weighted by molar-refractivity contribution is 0.102. The molecule has 1 aromatic carbocycles. The summed E-state index contributed by atoms with van der Waals surface area (Å²) in [5.41, 5.74) is 2.98. The van der Waals surface area contributed by atoms with E-state index in [9.17, 15) is 4.79 Å². The highest BCUT2D eigenvalue weighted by Gasteiger charge is 2.34. The zero-order valence-corrected chi connectivity index (χ0v) is 10.4. The van der Waals surface area contributed by atoms with Crippen LogP contribution < -0.4 is 10.2 Å². The number of benzene rings is 1. The summed E-state index contributed by atoms with van der Waals surface area (Å²) in [6, 6.07) is 5.61. The van der Waals surface area contributed by atoms with Crippen LogP contribution in [0.15, 0.2) is 30.2 Å². The number of carbonyl (C=O) groups is 1. The topological polar surface area (TPSA) is 61.8 Å². The summed E-state index contributed by atoms with van der Waals surface area (Å²) in [6.07, 6.45) is 0.852. The predicted octanol–water partition coefficient (Wildman–Crippen LogP) is 1.17. The van der Waals surface area contributed by atoms with Gasteiger partial charge >= 0.3 is 0 Å². The van der Waals surface area contributed by atoms with E-state index < -0.39 is 6.10 Å². The summed E-state index contributed by atoms with van der Waals surface area (Å²) < 4.78 is 5.21. The molecule has 1 radical (unpaired) electrons. The Bertz CT molecular complexity index is 552. The highest BCUT2D eigenvalue weighted by atomic mass is 16.5. The Hall–Kier alpha value is -2.01. The average molecular weight is 259 g/mol. The zero-order valence-electron chi connectivity index (χ0n) is 10.4. The molecule has 0 aromatic heterocycles. The first-order valence-electron chi connectivity index (χ1n) is 6.20. The number of rotatable bonds is 3. The smallest absolute Gasteiger partial charge is 0.214 e. The fourth-order valence-corrected chi connectivity index (χ4v) is 2.33. The van der Waals surface area contributed by atoms with Crippen molar-refractivity contribution in [2.45, 2.75) is 6.10 Å². The van der Waals surface area contributed by atoms with E-state index in [1.165, 1.54) is 6.26 Å². The van der Waals surface area contributed by atoms with Gasteiger partial charge in [-0.3, -0.25) is 4.79 Å². The number of hydrogen-bond donors (Lipinski definition) is 2. The van der Waals surface area contributed by atoms with E-state index in [4.69, 9.17) is 9.84 Å². The fourth-order valence-electron chi connectivity index (χ4n) is 2.33. The first kappa shape index (κ1) is 12.0. The van der Waals surface area contributed by atoms with Gasteiger partial charge in [0, 0.05) is 17.8 Å². The highest BCUT2D eigenvalue weighted by molar-refractivity contribution is 6.19. The number of allylic oxidation sites excluding steroid dienone is 1. The Morgan fingerprint density at radius 1 is 1.53 bits per heavy atom. The molecule has 19 heavy (non-hydrogen) atoms. The van der Waals surface area contributed by atoms with E-state index in [1.807, 2.05) is 17.0 Å². The predicted molar refractivity (Wildman–Crippen MR) is 72.0 cm³/mol. The molecule has 0 saturated heterocycles. The minimum atomic E-state index is -0.675. The van der Waals surface area contributed by atoms with Gasteiger partial charge in [0.15, 0.2) is 0 Å². The summed E-state index contributed by atoms with van der Waals surface area (Å²) in [4.78, 5) is 14.2. The Labute approximate surface area is 111 Å². The second kappa shape index (κ2) is 4.59. The van der Waals surface area contributed by atoms with Crippen LogP contribution in [0.25, 0.3) is 0 Å². The molecule has 5 nitrogen and oxygen atoms in total. The number of carbonyl (C=O) groups excluding carboxylic acids is 1. The fraction of sp³-hybridized carbons (Fsp3) is 0.286. The molecule has 1 aromatic rings. The molecule has 0 fully saturated rings. The van der Waals surface area contributed by atoms with Gasteiger partial charge in [0.1, 0.15) is 18.6 Å². The number of Topliss-reactive ketones (excluding diaryl/α,β-unsaturated/α-hetero) is 1. The average Bonchev–Trinajstić information content (AvgIpc) is 2.71. The molecule has 0 amide bonds. The van der Waals surface area contributed by atoms with Gasteiger partial charge in [-0.2, -0.15) is 0 Å². The molecule has 1 atom stereocenters. The maximum Gasteiger partial charge on any atom is 0.214 e. The molecule has 2 heterocycles. The van der Waals surface area contributed by atoms with Crippen LogP contribution in [0.5, 0.6) is 0 Å². The van der Waals surface area contributed by atoms with E-state index >= 15 is 0 Å². The Balaban J connectivity index is 1.91. The molecule has 0 saturated carbocycles. The van der Waals surface area contributed by atoms with Crippen LogP contribution in [0.1, 0.15) is 10.4 Å². The summed E-state index contributed by atoms with van der Waals surface area (Å²) in [6.45, 7) is 5.12. The van der Waals surface area contributed by atoms with Gasteiger partial charge in [0.05, 0.1) is 18.3 Å². The first-order valence-corrected chi connectivity index (χ1v) is 6.20. The third-order valence-electron chi connectivity index (χ3n) is 3.22. The van der Waals surface area contributed by atoms with Crippen molar-refractivity contribution in [2.24, 2.45) is 0 Å². The lowest BCUT2D eigenvalue weighted by Gasteiger charge is -2.23. The Kier molecular flexibility index (Phi) is 2.91. The number of ether oxygens (including phenoxy) is 1. The SMILES string of the molecule is [CH2]C(O)CNc1ccc2c(c1)C(=O)C1=COCCN12. The molecule has 2 aliphatic heterocycles. The number of ketones is 1. The van der Waals surface area contributed by atoms with Crippen LogP contribution in [0.3, 0.4) is 0 Å². The van der Waals surface area contributed by atoms with Gasteiger partial charge in [-0.1, -0.05) is 0 Å². The molecule has 1 unspecified atom stereocenters. The second-order valence-corrected chi connectivity index (χ2v) is 4.62. The van der Waals surface area contributed by atoms with Crippen LogP contribution in [-0.2, 0) is 4.74 Å². The Morgan fingerprint density at radius 2 is 2.37 bits per heavy atom. The van der Waals surface area contributed by atoms with Crippen LogP contribution in [0, 0.1) is 6.92 Å². The Morgan fingerprint density at radius 3 is 3.16 bits per heavy atom. The molecule has 5 heteroatoms. The van der Waals surface area contributed by atoms with Crippen molar-refractivity contribution in [3.63, 3.8) is 0 Å². The van der Waals surface area contributed by atoms with Crippen molar-refractivity contribution < 1.29 is 14.6 Å².